The molecule has 0 atom stereocenters. The van der Waals surface area contributed by atoms with Gasteiger partial charge < -0.3 is 9.47 Å². The average Bonchev–Trinajstić information content (AvgIpc) is 3.06. The van der Waals surface area contributed by atoms with E-state index in [1.54, 1.807) is 6.07 Å². The Morgan fingerprint density at radius 2 is 1.65 bits per heavy atom. The van der Waals surface area contributed by atoms with Crippen molar-refractivity contribution in [3.63, 3.8) is 0 Å². The highest BCUT2D eigenvalue weighted by Gasteiger charge is 2.25. The van der Waals surface area contributed by atoms with Gasteiger partial charge in [0.1, 0.15) is 5.82 Å². The molecule has 0 bridgehead atoms. The Bertz CT molecular complexity index is 1200. The fraction of sp³-hybridized carbons (Fsp3) is 0.296. The lowest BCUT2D eigenvalue weighted by atomic mass is 9.89. The average molecular weight is 414 g/mol. The number of nitrogens with zero attached hydrogens (tertiary/aromatic N) is 3. The van der Waals surface area contributed by atoms with Crippen LogP contribution in [0.15, 0.2) is 66.9 Å². The maximum atomic E-state index is 14.4. The molecule has 4 aromatic rings. The zero-order valence-corrected chi connectivity index (χ0v) is 18.2. The Morgan fingerprint density at radius 3 is 2.39 bits per heavy atom. The normalized spacial score (nSPS) is 15.0. The van der Waals surface area contributed by atoms with Crippen LogP contribution >= 0.6 is 0 Å². The van der Waals surface area contributed by atoms with E-state index in [-0.39, 0.29) is 5.82 Å². The van der Waals surface area contributed by atoms with E-state index >= 15 is 0 Å². The number of aryl methyl sites for hydroxylation is 1. The van der Waals surface area contributed by atoms with Gasteiger partial charge in [0.05, 0.1) is 12.1 Å². The van der Waals surface area contributed by atoms with Crippen molar-refractivity contribution in [2.24, 2.45) is 0 Å². The Kier molecular flexibility index (Phi) is 5.23. The quantitative estimate of drug-likeness (QED) is 0.396. The van der Waals surface area contributed by atoms with Gasteiger partial charge in [0.25, 0.3) is 0 Å². The first-order valence-corrected chi connectivity index (χ1v) is 11.1. The fourth-order valence-electron chi connectivity index (χ4n) is 4.95. The minimum absolute atomic E-state index is 0.157. The highest BCUT2D eigenvalue weighted by atomic mass is 19.1. The summed E-state index contributed by atoms with van der Waals surface area (Å²) in [5.74, 6) is 1.47. The Hall–Kier alpha value is -3.14. The summed E-state index contributed by atoms with van der Waals surface area (Å²) in [6, 6.07) is 20.0. The third kappa shape index (κ3) is 3.60. The molecule has 1 saturated heterocycles. The zero-order valence-electron chi connectivity index (χ0n) is 18.2. The predicted octanol–water partition coefficient (Wildman–Crippen LogP) is 6.22. The van der Waals surface area contributed by atoms with E-state index in [1.165, 1.54) is 28.3 Å². The molecule has 2 aromatic carbocycles. The molecule has 0 N–H and O–H groups in total. The maximum Gasteiger partial charge on any atom is 0.153 e. The summed E-state index contributed by atoms with van der Waals surface area (Å²) in [5.41, 5.74) is 5.68. The van der Waals surface area contributed by atoms with Crippen molar-refractivity contribution in [2.75, 3.05) is 18.0 Å². The zero-order chi connectivity index (χ0) is 21.4. The second-order valence-electron chi connectivity index (χ2n) is 8.59. The van der Waals surface area contributed by atoms with Gasteiger partial charge in [-0.3, -0.25) is 0 Å². The van der Waals surface area contributed by atoms with Crippen molar-refractivity contribution < 1.29 is 4.39 Å². The summed E-state index contributed by atoms with van der Waals surface area (Å²) >= 11 is 0. The van der Waals surface area contributed by atoms with Crippen molar-refractivity contribution in [3.8, 4) is 0 Å². The van der Waals surface area contributed by atoms with Crippen LogP contribution in [0.3, 0.4) is 0 Å². The molecule has 158 valence electrons. The van der Waals surface area contributed by atoms with Crippen molar-refractivity contribution in [1.82, 2.24) is 9.55 Å². The van der Waals surface area contributed by atoms with Gasteiger partial charge >= 0.3 is 0 Å². The second-order valence-corrected chi connectivity index (χ2v) is 8.59. The van der Waals surface area contributed by atoms with Gasteiger partial charge in [-0.25, -0.2) is 9.37 Å². The summed E-state index contributed by atoms with van der Waals surface area (Å²) < 4.78 is 16.7. The molecule has 3 heterocycles. The number of aromatic nitrogens is 2. The highest BCUT2D eigenvalue weighted by Crippen LogP contribution is 2.35. The Morgan fingerprint density at radius 1 is 0.935 bits per heavy atom. The third-order valence-corrected chi connectivity index (χ3v) is 6.88. The number of pyridine rings is 1. The standard InChI is InChI=1S/C27H28FN3/c1-19-20(2)31(18-23-10-6-7-11-25(23)28)26-24(19)12-15-29-27(26)30-16-13-22(14-17-30)21-8-4-3-5-9-21/h3-12,15,22H,13-14,16-18H2,1-2H3. The van der Waals surface area contributed by atoms with Gasteiger partial charge in [-0.1, -0.05) is 48.5 Å². The van der Waals surface area contributed by atoms with E-state index in [0.717, 1.165) is 37.3 Å². The molecule has 5 rings (SSSR count). The van der Waals surface area contributed by atoms with E-state index in [0.29, 0.717) is 18.0 Å². The van der Waals surface area contributed by atoms with E-state index in [9.17, 15) is 4.39 Å². The molecule has 0 radical (unpaired) electrons. The van der Waals surface area contributed by atoms with Crippen LogP contribution in [0.4, 0.5) is 10.2 Å². The maximum absolute atomic E-state index is 14.4. The Balaban J connectivity index is 1.50. The molecule has 1 aliphatic rings. The smallest absolute Gasteiger partial charge is 0.153 e. The van der Waals surface area contributed by atoms with Crippen LogP contribution in [-0.4, -0.2) is 22.6 Å². The van der Waals surface area contributed by atoms with Gasteiger partial charge in [-0.2, -0.15) is 0 Å². The van der Waals surface area contributed by atoms with Gasteiger partial charge in [0.15, 0.2) is 5.82 Å². The summed E-state index contributed by atoms with van der Waals surface area (Å²) in [7, 11) is 0. The van der Waals surface area contributed by atoms with Crippen molar-refractivity contribution >= 4 is 16.7 Å². The van der Waals surface area contributed by atoms with Gasteiger partial charge in [0, 0.05) is 35.9 Å². The van der Waals surface area contributed by atoms with Crippen LogP contribution in [0.1, 0.15) is 41.1 Å². The molecule has 0 unspecified atom stereocenters. The number of benzene rings is 2. The van der Waals surface area contributed by atoms with Gasteiger partial charge in [0.2, 0.25) is 0 Å². The molecule has 0 spiro atoms. The van der Waals surface area contributed by atoms with Crippen LogP contribution in [0.2, 0.25) is 0 Å². The first-order chi connectivity index (χ1) is 15.1. The number of rotatable bonds is 4. The van der Waals surface area contributed by atoms with Crippen LogP contribution in [0, 0.1) is 19.7 Å². The van der Waals surface area contributed by atoms with Crippen molar-refractivity contribution in [1.29, 1.82) is 0 Å². The predicted molar refractivity (Wildman–Crippen MR) is 125 cm³/mol. The molecule has 0 aliphatic carbocycles. The number of anilines is 1. The van der Waals surface area contributed by atoms with Crippen LogP contribution in [-0.2, 0) is 6.54 Å². The lowest BCUT2D eigenvalue weighted by Crippen LogP contribution is -2.33. The molecule has 1 fully saturated rings. The van der Waals surface area contributed by atoms with Gasteiger partial charge in [-0.05, 0) is 55.9 Å². The first-order valence-electron chi connectivity index (χ1n) is 11.1. The van der Waals surface area contributed by atoms with Crippen molar-refractivity contribution in [2.45, 2.75) is 39.2 Å². The summed E-state index contributed by atoms with van der Waals surface area (Å²) in [6.07, 6.45) is 4.16. The third-order valence-electron chi connectivity index (χ3n) is 6.88. The van der Waals surface area contributed by atoms with Gasteiger partial charge in [-0.15, -0.1) is 0 Å². The largest absolute Gasteiger partial charge is 0.355 e. The minimum atomic E-state index is -0.157. The van der Waals surface area contributed by atoms with E-state index < -0.39 is 0 Å². The topological polar surface area (TPSA) is 21.1 Å². The summed E-state index contributed by atoms with van der Waals surface area (Å²) in [4.78, 5) is 7.23. The monoisotopic (exact) mass is 413 g/mol. The number of fused-ring (bicyclic) bond motifs is 1. The van der Waals surface area contributed by atoms with Crippen molar-refractivity contribution in [3.05, 3.63) is 95.1 Å². The lowest BCUT2D eigenvalue weighted by Gasteiger charge is -2.33. The molecule has 0 saturated carbocycles. The Labute approximate surface area is 183 Å². The van der Waals surface area contributed by atoms with Crippen LogP contribution in [0.25, 0.3) is 10.9 Å². The van der Waals surface area contributed by atoms with E-state index in [2.05, 4.69) is 59.7 Å². The molecule has 2 aromatic heterocycles. The minimum Gasteiger partial charge on any atom is -0.355 e. The molecule has 1 aliphatic heterocycles. The summed E-state index contributed by atoms with van der Waals surface area (Å²) in [6.45, 7) is 6.76. The number of piperidine rings is 1. The number of hydrogen-bond donors (Lipinski definition) is 0. The molecule has 31 heavy (non-hydrogen) atoms. The SMILES string of the molecule is Cc1c(C)n(Cc2ccccc2F)c2c(N3CCC(c4ccccc4)CC3)nccc12. The fourth-order valence-corrected chi connectivity index (χ4v) is 4.95. The molecule has 3 nitrogen and oxygen atoms in total. The number of halogens is 1. The van der Waals surface area contributed by atoms with E-state index in [1.807, 2.05) is 18.3 Å². The lowest BCUT2D eigenvalue weighted by molar-refractivity contribution is 0.503. The molecular formula is C27H28FN3. The number of hydrogen-bond acceptors (Lipinski definition) is 2. The summed E-state index contributed by atoms with van der Waals surface area (Å²) in [5, 5.41) is 1.21. The molecular weight excluding hydrogens is 385 g/mol. The second kappa shape index (κ2) is 8.18. The van der Waals surface area contributed by atoms with Crippen LogP contribution < -0.4 is 4.90 Å². The first kappa shape index (κ1) is 19.8. The molecule has 4 heteroatoms. The molecule has 0 amide bonds. The van der Waals surface area contributed by atoms with E-state index in [4.69, 9.17) is 4.98 Å². The van der Waals surface area contributed by atoms with Crippen LogP contribution in [0.5, 0.6) is 0 Å². The highest BCUT2D eigenvalue weighted by molar-refractivity contribution is 5.93.